The molecule has 2 saturated heterocycles. The van der Waals surface area contributed by atoms with E-state index >= 15 is 0 Å². The molecule has 0 bridgehead atoms. The number of hydrogen-bond donors (Lipinski definition) is 1. The van der Waals surface area contributed by atoms with Gasteiger partial charge in [-0.1, -0.05) is 6.92 Å². The molecule has 5 heteroatoms. The molecule has 110 valence electrons. The third-order valence-corrected chi connectivity index (χ3v) is 5.51. The van der Waals surface area contributed by atoms with Crippen LogP contribution in [0.1, 0.15) is 39.5 Å². The van der Waals surface area contributed by atoms with Crippen LogP contribution in [-0.2, 0) is 14.3 Å². The van der Waals surface area contributed by atoms with Crippen LogP contribution in [0.3, 0.4) is 0 Å². The number of thioether (sulfide) groups is 1. The van der Waals surface area contributed by atoms with Crippen molar-refractivity contribution < 1.29 is 14.3 Å². The Balaban J connectivity index is 2.01. The van der Waals surface area contributed by atoms with Gasteiger partial charge < -0.3 is 9.47 Å². The van der Waals surface area contributed by atoms with Crippen molar-refractivity contribution in [2.75, 3.05) is 25.5 Å². The van der Waals surface area contributed by atoms with Gasteiger partial charge in [-0.2, -0.15) is 11.8 Å². The van der Waals surface area contributed by atoms with E-state index in [1.165, 1.54) is 0 Å². The molecular weight excluding hydrogens is 262 g/mol. The second kappa shape index (κ2) is 6.95. The Hall–Kier alpha value is -0.260. The van der Waals surface area contributed by atoms with Gasteiger partial charge in [-0.15, -0.1) is 0 Å². The van der Waals surface area contributed by atoms with Crippen molar-refractivity contribution in [1.82, 2.24) is 5.32 Å². The quantitative estimate of drug-likeness (QED) is 0.783. The van der Waals surface area contributed by atoms with Crippen LogP contribution in [0.15, 0.2) is 0 Å². The second-order valence-corrected chi connectivity index (χ2v) is 6.77. The van der Waals surface area contributed by atoms with E-state index in [4.69, 9.17) is 9.47 Å². The molecule has 3 unspecified atom stereocenters. The fourth-order valence-electron chi connectivity index (χ4n) is 2.89. The van der Waals surface area contributed by atoms with E-state index in [0.717, 1.165) is 44.6 Å². The maximum atomic E-state index is 12.4. The number of carbonyl (C=O) groups is 1. The monoisotopic (exact) mass is 287 g/mol. The molecule has 1 N–H and O–H groups in total. The van der Waals surface area contributed by atoms with Gasteiger partial charge in [0.25, 0.3) is 0 Å². The summed E-state index contributed by atoms with van der Waals surface area (Å²) in [6, 6.07) is 0. The number of esters is 1. The van der Waals surface area contributed by atoms with Gasteiger partial charge in [0, 0.05) is 18.4 Å². The zero-order valence-electron chi connectivity index (χ0n) is 11.9. The predicted octanol–water partition coefficient (Wildman–Crippen LogP) is 1.97. The van der Waals surface area contributed by atoms with Gasteiger partial charge in [0.15, 0.2) is 0 Å². The Kier molecular flexibility index (Phi) is 5.54. The zero-order chi connectivity index (χ0) is 13.7. The molecular formula is C14H25NO3S. The highest BCUT2D eigenvalue weighted by molar-refractivity contribution is 8.00. The van der Waals surface area contributed by atoms with E-state index in [0.29, 0.717) is 6.61 Å². The minimum Gasteiger partial charge on any atom is -0.465 e. The zero-order valence-corrected chi connectivity index (χ0v) is 12.8. The Morgan fingerprint density at radius 1 is 1.53 bits per heavy atom. The molecule has 19 heavy (non-hydrogen) atoms. The van der Waals surface area contributed by atoms with E-state index < -0.39 is 5.54 Å². The van der Waals surface area contributed by atoms with Gasteiger partial charge in [-0.3, -0.25) is 10.1 Å². The van der Waals surface area contributed by atoms with Gasteiger partial charge in [-0.05, 0) is 38.4 Å². The third-order valence-electron chi connectivity index (χ3n) is 4.09. The minimum atomic E-state index is -0.523. The van der Waals surface area contributed by atoms with Crippen LogP contribution in [-0.4, -0.2) is 48.4 Å². The SMILES string of the molecule is CCOC(=O)C1(NCC2CCCO2)CCCSC1C. The van der Waals surface area contributed by atoms with Gasteiger partial charge in [0.05, 0.1) is 12.7 Å². The van der Waals surface area contributed by atoms with Crippen molar-refractivity contribution in [2.24, 2.45) is 0 Å². The summed E-state index contributed by atoms with van der Waals surface area (Å²) in [4.78, 5) is 12.4. The first kappa shape index (κ1) is 15.1. The summed E-state index contributed by atoms with van der Waals surface area (Å²) in [5, 5.41) is 3.74. The smallest absolute Gasteiger partial charge is 0.327 e. The number of ether oxygens (including phenoxy) is 2. The lowest BCUT2D eigenvalue weighted by Crippen LogP contribution is -2.61. The average molecular weight is 287 g/mol. The molecule has 0 saturated carbocycles. The van der Waals surface area contributed by atoms with E-state index in [1.54, 1.807) is 0 Å². The molecule has 0 amide bonds. The van der Waals surface area contributed by atoms with Crippen LogP contribution in [0, 0.1) is 0 Å². The van der Waals surface area contributed by atoms with Crippen molar-refractivity contribution in [2.45, 2.75) is 56.4 Å². The summed E-state index contributed by atoms with van der Waals surface area (Å²) in [6.07, 6.45) is 4.40. The molecule has 0 radical (unpaired) electrons. The van der Waals surface area contributed by atoms with Gasteiger partial charge in [-0.25, -0.2) is 0 Å². The molecule has 0 aromatic rings. The minimum absolute atomic E-state index is 0.0901. The van der Waals surface area contributed by atoms with Gasteiger partial charge >= 0.3 is 5.97 Å². The van der Waals surface area contributed by atoms with E-state index in [9.17, 15) is 4.79 Å². The number of hydrogen-bond acceptors (Lipinski definition) is 5. The van der Waals surface area contributed by atoms with Gasteiger partial charge in [0.1, 0.15) is 5.54 Å². The topological polar surface area (TPSA) is 47.6 Å². The van der Waals surface area contributed by atoms with Crippen molar-refractivity contribution in [1.29, 1.82) is 0 Å². The van der Waals surface area contributed by atoms with Crippen LogP contribution in [0.5, 0.6) is 0 Å². The Morgan fingerprint density at radius 2 is 2.37 bits per heavy atom. The summed E-state index contributed by atoms with van der Waals surface area (Å²) in [7, 11) is 0. The normalized spacial score (nSPS) is 35.3. The van der Waals surface area contributed by atoms with E-state index in [2.05, 4.69) is 12.2 Å². The molecule has 3 atom stereocenters. The van der Waals surface area contributed by atoms with Crippen molar-refractivity contribution in [3.8, 4) is 0 Å². The van der Waals surface area contributed by atoms with E-state index in [-0.39, 0.29) is 17.3 Å². The first-order chi connectivity index (χ1) is 9.19. The number of carbonyl (C=O) groups excluding carboxylic acids is 1. The van der Waals surface area contributed by atoms with Crippen LogP contribution in [0.25, 0.3) is 0 Å². The molecule has 0 aromatic carbocycles. The largest absolute Gasteiger partial charge is 0.465 e. The van der Waals surface area contributed by atoms with Crippen LogP contribution < -0.4 is 5.32 Å². The highest BCUT2D eigenvalue weighted by Crippen LogP contribution is 2.35. The van der Waals surface area contributed by atoms with Crippen LogP contribution in [0.2, 0.25) is 0 Å². The molecule has 2 heterocycles. The lowest BCUT2D eigenvalue weighted by atomic mass is 9.89. The van der Waals surface area contributed by atoms with Crippen LogP contribution >= 0.6 is 11.8 Å². The summed E-state index contributed by atoms with van der Waals surface area (Å²) in [5.74, 6) is 1.04. The van der Waals surface area contributed by atoms with Gasteiger partial charge in [0.2, 0.25) is 0 Å². The number of nitrogens with one attached hydrogen (secondary N) is 1. The summed E-state index contributed by atoms with van der Waals surface area (Å²) < 4.78 is 11.0. The molecule has 2 fully saturated rings. The lowest BCUT2D eigenvalue weighted by molar-refractivity contribution is -0.152. The standard InChI is InChI=1S/C14H25NO3S/c1-3-17-13(16)14(7-5-9-19-11(14)2)15-10-12-6-4-8-18-12/h11-12,15H,3-10H2,1-2H3. The molecule has 0 aliphatic carbocycles. The maximum absolute atomic E-state index is 12.4. The summed E-state index contributed by atoms with van der Waals surface area (Å²) in [5.41, 5.74) is -0.523. The summed E-state index contributed by atoms with van der Waals surface area (Å²) >= 11 is 1.86. The van der Waals surface area contributed by atoms with Crippen molar-refractivity contribution in [3.63, 3.8) is 0 Å². The third kappa shape index (κ3) is 3.44. The highest BCUT2D eigenvalue weighted by Gasteiger charge is 2.46. The fraction of sp³-hybridized carbons (Fsp3) is 0.929. The van der Waals surface area contributed by atoms with Crippen molar-refractivity contribution >= 4 is 17.7 Å². The average Bonchev–Trinajstić information content (AvgIpc) is 2.91. The summed E-state index contributed by atoms with van der Waals surface area (Å²) in [6.45, 7) is 6.04. The first-order valence-corrected chi connectivity index (χ1v) is 8.39. The first-order valence-electron chi connectivity index (χ1n) is 7.34. The molecule has 0 aromatic heterocycles. The Labute approximate surface area is 120 Å². The molecule has 4 nitrogen and oxygen atoms in total. The Morgan fingerprint density at radius 3 is 3.00 bits per heavy atom. The molecule has 2 aliphatic heterocycles. The van der Waals surface area contributed by atoms with Crippen LogP contribution in [0.4, 0.5) is 0 Å². The maximum Gasteiger partial charge on any atom is 0.327 e. The van der Waals surface area contributed by atoms with Crippen molar-refractivity contribution in [3.05, 3.63) is 0 Å². The van der Waals surface area contributed by atoms with E-state index in [1.807, 2.05) is 18.7 Å². The lowest BCUT2D eigenvalue weighted by Gasteiger charge is -2.41. The second-order valence-electron chi connectivity index (χ2n) is 5.32. The fourth-order valence-corrected chi connectivity index (χ4v) is 4.14. The highest BCUT2D eigenvalue weighted by atomic mass is 32.2. The predicted molar refractivity (Wildman–Crippen MR) is 77.5 cm³/mol. The molecule has 2 aliphatic rings. The Bertz CT molecular complexity index is 307. The number of rotatable bonds is 5. The molecule has 2 rings (SSSR count). The molecule has 0 spiro atoms.